The van der Waals surface area contributed by atoms with E-state index in [0.717, 1.165) is 42.6 Å². The van der Waals surface area contributed by atoms with E-state index in [1.165, 1.54) is 6.42 Å². The molecule has 7 heteroatoms. The maximum Gasteiger partial charge on any atom is 0.230 e. The zero-order valence-corrected chi connectivity index (χ0v) is 15.4. The Kier molecular flexibility index (Phi) is 3.71. The van der Waals surface area contributed by atoms with Crippen molar-refractivity contribution in [1.82, 2.24) is 0 Å². The first-order valence-electron chi connectivity index (χ1n) is 9.25. The fourth-order valence-corrected chi connectivity index (χ4v) is 4.37. The van der Waals surface area contributed by atoms with Crippen molar-refractivity contribution in [3.8, 4) is 0 Å². The lowest BCUT2D eigenvalue weighted by atomic mass is 9.80. The van der Waals surface area contributed by atoms with Crippen molar-refractivity contribution in [2.45, 2.75) is 58.0 Å². The Bertz CT molecular complexity index is 819. The third-order valence-corrected chi connectivity index (χ3v) is 5.73. The van der Waals surface area contributed by atoms with E-state index < -0.39 is 11.1 Å². The molecule has 26 heavy (non-hydrogen) atoms. The number of carbonyl (C=O) groups excluding carboxylic acids is 1. The smallest absolute Gasteiger partial charge is 0.230 e. The summed E-state index contributed by atoms with van der Waals surface area (Å²) in [4.78, 5) is 23.4. The maximum absolute atomic E-state index is 12.4. The number of rotatable bonds is 1. The van der Waals surface area contributed by atoms with Gasteiger partial charge in [-0.25, -0.2) is 4.99 Å². The van der Waals surface area contributed by atoms with Crippen LogP contribution in [0.1, 0.15) is 51.5 Å². The molecule has 4 rings (SSSR count). The molecule has 1 amide bonds. The van der Waals surface area contributed by atoms with Crippen LogP contribution in [0.25, 0.3) is 0 Å². The molecule has 3 aliphatic rings. The molecule has 0 atom stereocenters. The van der Waals surface area contributed by atoms with Crippen molar-refractivity contribution in [2.24, 2.45) is 26.9 Å². The summed E-state index contributed by atoms with van der Waals surface area (Å²) >= 11 is 0. The number of guanidine groups is 2. The monoisotopic (exact) mass is 354 g/mol. The second-order valence-corrected chi connectivity index (χ2v) is 8.14. The third kappa shape index (κ3) is 2.53. The standard InChI is InChI=1S/C19H26N6O/c1-18(2)11-12-13(22-15(18)26)7-6-8-14(12)25-17(21)23-16(20)24-19(25)9-4-3-5-10-19/h6-8H,3-5,9-11H2,1-2H3,(H,22,26)(H4,20,21,23,24). The fourth-order valence-electron chi connectivity index (χ4n) is 4.37. The van der Waals surface area contributed by atoms with Gasteiger partial charge in [-0.3, -0.25) is 9.69 Å². The summed E-state index contributed by atoms with van der Waals surface area (Å²) in [6.07, 6.45) is 5.78. The highest BCUT2D eigenvalue weighted by atomic mass is 16.2. The Morgan fingerprint density at radius 1 is 1.15 bits per heavy atom. The molecule has 5 N–H and O–H groups in total. The zero-order valence-electron chi connectivity index (χ0n) is 15.4. The largest absolute Gasteiger partial charge is 0.369 e. The average molecular weight is 354 g/mol. The van der Waals surface area contributed by atoms with Gasteiger partial charge >= 0.3 is 0 Å². The SMILES string of the molecule is CC1(C)Cc2c(cccc2N2C(N)=NC(N)=NC23CCCCC3)NC1=O. The summed E-state index contributed by atoms with van der Waals surface area (Å²) in [5, 5.41) is 3.04. The first-order chi connectivity index (χ1) is 12.3. The van der Waals surface area contributed by atoms with Crippen molar-refractivity contribution in [2.75, 3.05) is 10.2 Å². The van der Waals surface area contributed by atoms with Gasteiger partial charge in [0.1, 0.15) is 5.66 Å². The average Bonchev–Trinajstić information content (AvgIpc) is 2.56. The highest BCUT2D eigenvalue weighted by Crippen LogP contribution is 2.44. The van der Waals surface area contributed by atoms with E-state index in [-0.39, 0.29) is 11.9 Å². The van der Waals surface area contributed by atoms with Crippen LogP contribution in [0.2, 0.25) is 0 Å². The number of carbonyl (C=O) groups is 1. The van der Waals surface area contributed by atoms with Gasteiger partial charge < -0.3 is 16.8 Å². The van der Waals surface area contributed by atoms with Gasteiger partial charge in [-0.15, -0.1) is 0 Å². The van der Waals surface area contributed by atoms with E-state index in [0.29, 0.717) is 12.4 Å². The summed E-state index contributed by atoms with van der Waals surface area (Å²) in [6.45, 7) is 3.92. The van der Waals surface area contributed by atoms with Crippen LogP contribution in [-0.4, -0.2) is 23.5 Å². The maximum atomic E-state index is 12.4. The van der Waals surface area contributed by atoms with E-state index >= 15 is 0 Å². The predicted octanol–water partition coefficient (Wildman–Crippen LogP) is 2.32. The Morgan fingerprint density at radius 3 is 2.62 bits per heavy atom. The van der Waals surface area contributed by atoms with Crippen LogP contribution >= 0.6 is 0 Å². The second kappa shape index (κ2) is 5.72. The van der Waals surface area contributed by atoms with E-state index in [1.807, 2.05) is 32.0 Å². The van der Waals surface area contributed by atoms with E-state index in [4.69, 9.17) is 16.5 Å². The molecule has 1 aliphatic carbocycles. The van der Waals surface area contributed by atoms with Gasteiger partial charge in [0.15, 0.2) is 0 Å². The number of nitrogens with two attached hydrogens (primary N) is 2. The number of amides is 1. The highest BCUT2D eigenvalue weighted by Gasteiger charge is 2.45. The lowest BCUT2D eigenvalue weighted by molar-refractivity contribution is -0.124. The van der Waals surface area contributed by atoms with Gasteiger partial charge in [-0.05, 0) is 44.2 Å². The third-order valence-electron chi connectivity index (χ3n) is 5.73. The van der Waals surface area contributed by atoms with E-state index in [9.17, 15) is 4.79 Å². The van der Waals surface area contributed by atoms with Crippen LogP contribution in [0.4, 0.5) is 11.4 Å². The minimum Gasteiger partial charge on any atom is -0.369 e. The molecule has 0 bridgehead atoms. The molecule has 2 aliphatic heterocycles. The van der Waals surface area contributed by atoms with E-state index in [2.05, 4.69) is 15.2 Å². The van der Waals surface area contributed by atoms with Gasteiger partial charge in [0.2, 0.25) is 17.8 Å². The number of anilines is 2. The van der Waals surface area contributed by atoms with Crippen LogP contribution in [0.3, 0.4) is 0 Å². The van der Waals surface area contributed by atoms with Crippen molar-refractivity contribution in [1.29, 1.82) is 0 Å². The molecule has 0 unspecified atom stereocenters. The molecule has 2 heterocycles. The summed E-state index contributed by atoms with van der Waals surface area (Å²) < 4.78 is 0. The lowest BCUT2D eigenvalue weighted by Crippen LogP contribution is -2.58. The number of hydrogen-bond acceptors (Lipinski definition) is 6. The quantitative estimate of drug-likeness (QED) is 0.719. The molecular formula is C19H26N6O. The van der Waals surface area contributed by atoms with Gasteiger partial charge in [-0.2, -0.15) is 4.99 Å². The Morgan fingerprint density at radius 2 is 1.88 bits per heavy atom. The van der Waals surface area contributed by atoms with Crippen LogP contribution in [0.15, 0.2) is 28.2 Å². The molecule has 0 aromatic heterocycles. The summed E-state index contributed by atoms with van der Waals surface area (Å²) in [5.74, 6) is 0.665. The molecule has 0 saturated heterocycles. The molecule has 0 radical (unpaired) electrons. The van der Waals surface area contributed by atoms with Gasteiger partial charge in [0, 0.05) is 16.7 Å². The van der Waals surface area contributed by atoms with Crippen LogP contribution in [-0.2, 0) is 11.2 Å². The van der Waals surface area contributed by atoms with Gasteiger partial charge in [0.25, 0.3) is 0 Å². The number of hydrogen-bond donors (Lipinski definition) is 3. The van der Waals surface area contributed by atoms with Gasteiger partial charge in [0.05, 0.1) is 5.69 Å². The van der Waals surface area contributed by atoms with Crippen molar-refractivity contribution in [3.05, 3.63) is 23.8 Å². The molecular weight excluding hydrogens is 328 g/mol. The van der Waals surface area contributed by atoms with E-state index in [1.54, 1.807) is 0 Å². The minimum atomic E-state index is -0.479. The molecule has 1 fully saturated rings. The fraction of sp³-hybridized carbons (Fsp3) is 0.526. The van der Waals surface area contributed by atoms with Crippen LogP contribution < -0.4 is 21.7 Å². The first kappa shape index (κ1) is 16.9. The Hall–Kier alpha value is -2.57. The number of fused-ring (bicyclic) bond motifs is 1. The number of aliphatic imine (C=N–C) groups is 2. The van der Waals surface area contributed by atoms with Crippen LogP contribution in [0.5, 0.6) is 0 Å². The molecule has 1 aromatic carbocycles. The number of benzene rings is 1. The normalized spacial score (nSPS) is 23.8. The van der Waals surface area contributed by atoms with Crippen molar-refractivity contribution in [3.63, 3.8) is 0 Å². The summed E-state index contributed by atoms with van der Waals surface area (Å²) in [5.41, 5.74) is 14.3. The molecule has 138 valence electrons. The van der Waals surface area contributed by atoms with Crippen LogP contribution in [0, 0.1) is 5.41 Å². The van der Waals surface area contributed by atoms with Crippen molar-refractivity contribution >= 4 is 29.2 Å². The molecule has 7 nitrogen and oxygen atoms in total. The summed E-state index contributed by atoms with van der Waals surface area (Å²) in [6, 6.07) is 5.93. The number of nitrogens with one attached hydrogen (secondary N) is 1. The second-order valence-electron chi connectivity index (χ2n) is 8.14. The van der Waals surface area contributed by atoms with Gasteiger partial charge in [-0.1, -0.05) is 26.3 Å². The zero-order chi connectivity index (χ0) is 18.5. The molecule has 1 spiro atoms. The minimum absolute atomic E-state index is 0.0390. The predicted molar refractivity (Wildman–Crippen MR) is 104 cm³/mol. The lowest BCUT2D eigenvalue weighted by Gasteiger charge is -2.47. The molecule has 1 aromatic rings. The van der Waals surface area contributed by atoms with Crippen molar-refractivity contribution < 1.29 is 4.79 Å². The molecule has 1 saturated carbocycles. The Labute approximate surface area is 153 Å². The Balaban J connectivity index is 1.86. The summed E-state index contributed by atoms with van der Waals surface area (Å²) in [7, 11) is 0. The highest BCUT2D eigenvalue weighted by molar-refractivity contribution is 6.07. The topological polar surface area (TPSA) is 109 Å². The number of nitrogens with zero attached hydrogens (tertiary/aromatic N) is 3. The first-order valence-corrected chi connectivity index (χ1v) is 9.25.